The van der Waals surface area contributed by atoms with Crippen LogP contribution in [-0.2, 0) is 27.0 Å². The van der Waals surface area contributed by atoms with Crippen LogP contribution in [0.4, 0.5) is 0 Å². The first kappa shape index (κ1) is 20.4. The average Bonchev–Trinajstić information content (AvgIpc) is 2.01. The molecule has 0 spiro atoms. The maximum atomic E-state index is 11.1. The van der Waals surface area contributed by atoms with Gasteiger partial charge >= 0.3 is 37.7 Å². The summed E-state index contributed by atoms with van der Waals surface area (Å²) in [6, 6.07) is 0. The minimum Gasteiger partial charge on any atom is -0.741 e. The zero-order valence-corrected chi connectivity index (χ0v) is 9.85. The second-order valence-electron chi connectivity index (χ2n) is 2.74. The predicted molar refractivity (Wildman–Crippen MR) is 45.3 cm³/mol. The van der Waals surface area contributed by atoms with E-state index in [0.717, 1.165) is 6.08 Å². The van der Waals surface area contributed by atoms with Crippen molar-refractivity contribution in [3.05, 3.63) is 12.7 Å². The molecule has 7 heteroatoms. The number of hydrogen-bond acceptors (Lipinski definition) is 5. The summed E-state index contributed by atoms with van der Waals surface area (Å²) in [6.07, 6.45) is 0.174. The van der Waals surface area contributed by atoms with Crippen LogP contribution in [0.25, 0.3) is 0 Å². The van der Waals surface area contributed by atoms with Crippen LogP contribution in [0.2, 0.25) is 0 Å². The normalized spacial score (nSPS) is 12.3. The van der Waals surface area contributed by atoms with Crippen molar-refractivity contribution in [1.82, 2.24) is 0 Å². The van der Waals surface area contributed by atoms with Crippen LogP contribution < -0.4 is 42.8 Å². The molecular formula is C8H8Li2O4S. The Morgan fingerprint density at radius 3 is 2.00 bits per heavy atom. The van der Waals surface area contributed by atoms with E-state index in [4.69, 9.17) is 0 Å². The van der Waals surface area contributed by atoms with Crippen molar-refractivity contribution in [3.8, 4) is 0 Å². The van der Waals surface area contributed by atoms with E-state index in [1.54, 1.807) is 0 Å². The molecule has 15 heavy (non-hydrogen) atoms. The SMILES string of the molecule is C=CC(=O)C(C)(CC(=O)[O-])C(=O)[S-].[Li+].[Li+]. The third-order valence-electron chi connectivity index (χ3n) is 1.68. The first-order valence-electron chi connectivity index (χ1n) is 3.42. The summed E-state index contributed by atoms with van der Waals surface area (Å²) in [5.74, 6) is -2.19. The van der Waals surface area contributed by atoms with Gasteiger partial charge in [0.15, 0.2) is 5.78 Å². The van der Waals surface area contributed by atoms with Gasteiger partial charge in [-0.05, 0) is 13.0 Å². The molecule has 0 rings (SSSR count). The molecule has 0 aromatic rings. The van der Waals surface area contributed by atoms with E-state index < -0.39 is 28.7 Å². The molecule has 72 valence electrons. The van der Waals surface area contributed by atoms with Gasteiger partial charge in [-0.15, -0.1) is 0 Å². The Morgan fingerprint density at radius 1 is 1.40 bits per heavy atom. The van der Waals surface area contributed by atoms with Gasteiger partial charge in [0.25, 0.3) is 0 Å². The van der Waals surface area contributed by atoms with Crippen LogP contribution in [0, 0.1) is 5.41 Å². The van der Waals surface area contributed by atoms with Gasteiger partial charge < -0.3 is 27.3 Å². The van der Waals surface area contributed by atoms with E-state index in [0.29, 0.717) is 0 Å². The molecule has 0 aliphatic rings. The molecule has 0 N–H and O–H groups in total. The van der Waals surface area contributed by atoms with Gasteiger partial charge in [-0.2, -0.15) is 0 Å². The monoisotopic (exact) mass is 214 g/mol. The number of allylic oxidation sites excluding steroid dienone is 1. The van der Waals surface area contributed by atoms with Crippen LogP contribution in [-0.4, -0.2) is 16.9 Å². The first-order chi connectivity index (χ1) is 5.84. The van der Waals surface area contributed by atoms with Crippen molar-refractivity contribution in [2.45, 2.75) is 13.3 Å². The molecule has 0 aliphatic heterocycles. The molecular weight excluding hydrogens is 206 g/mol. The maximum Gasteiger partial charge on any atom is 1.00 e. The molecule has 0 saturated heterocycles. The predicted octanol–water partition coefficient (Wildman–Crippen LogP) is -7.03. The maximum absolute atomic E-state index is 11.1. The second kappa shape index (κ2) is 8.16. The Morgan fingerprint density at radius 2 is 1.80 bits per heavy atom. The topological polar surface area (TPSA) is 74.3 Å². The summed E-state index contributed by atoms with van der Waals surface area (Å²) < 4.78 is 0. The molecule has 0 aromatic carbocycles. The van der Waals surface area contributed by atoms with E-state index in [9.17, 15) is 19.5 Å². The minimum atomic E-state index is -1.71. The van der Waals surface area contributed by atoms with Gasteiger partial charge in [0.05, 0.1) is 5.41 Å². The van der Waals surface area contributed by atoms with Gasteiger partial charge in [0.1, 0.15) is 0 Å². The molecule has 1 unspecified atom stereocenters. The molecule has 0 aliphatic carbocycles. The van der Waals surface area contributed by atoms with Crippen LogP contribution in [0.3, 0.4) is 0 Å². The Labute approximate surface area is 118 Å². The van der Waals surface area contributed by atoms with Crippen molar-refractivity contribution in [1.29, 1.82) is 0 Å². The van der Waals surface area contributed by atoms with Gasteiger partial charge in [-0.25, -0.2) is 0 Å². The summed E-state index contributed by atoms with van der Waals surface area (Å²) in [5, 5.41) is 9.33. The summed E-state index contributed by atoms with van der Waals surface area (Å²) in [5.41, 5.74) is -1.71. The zero-order valence-electron chi connectivity index (χ0n) is 9.03. The van der Waals surface area contributed by atoms with Crippen molar-refractivity contribution in [2.24, 2.45) is 5.41 Å². The minimum absolute atomic E-state index is 0. The Bertz CT molecular complexity index is 280. The number of carbonyl (C=O) groups excluding carboxylic acids is 3. The van der Waals surface area contributed by atoms with Crippen molar-refractivity contribution in [2.75, 3.05) is 0 Å². The third kappa shape index (κ3) is 5.56. The fraction of sp³-hybridized carbons (Fsp3) is 0.375. The molecule has 0 heterocycles. The second-order valence-corrected chi connectivity index (χ2v) is 3.11. The van der Waals surface area contributed by atoms with Crippen molar-refractivity contribution >= 4 is 29.5 Å². The van der Waals surface area contributed by atoms with Crippen molar-refractivity contribution < 1.29 is 57.2 Å². The van der Waals surface area contributed by atoms with Crippen LogP contribution in [0.15, 0.2) is 12.7 Å². The fourth-order valence-corrected chi connectivity index (χ4v) is 0.947. The van der Waals surface area contributed by atoms with E-state index in [1.165, 1.54) is 6.92 Å². The standard InChI is InChI=1S/C8H10O4S.2Li/c1-3-5(9)8(2,7(12)13)4-6(10)11;;/h3H,1,4H2,2H3,(H,10,11)(H,12,13);;/q;2*+1/p-2. The molecule has 0 saturated carbocycles. The van der Waals surface area contributed by atoms with Gasteiger partial charge in [-0.1, -0.05) is 6.58 Å². The quantitative estimate of drug-likeness (QED) is 0.197. The molecule has 0 amide bonds. The summed E-state index contributed by atoms with van der Waals surface area (Å²) in [4.78, 5) is 32.2. The van der Waals surface area contributed by atoms with Crippen LogP contribution >= 0.6 is 0 Å². The number of aliphatic carboxylic acids is 1. The van der Waals surface area contributed by atoms with E-state index in [-0.39, 0.29) is 37.7 Å². The van der Waals surface area contributed by atoms with Crippen LogP contribution in [0.5, 0.6) is 0 Å². The van der Waals surface area contributed by atoms with Crippen molar-refractivity contribution in [3.63, 3.8) is 0 Å². The Hall–Kier alpha value is -0.0352. The smallest absolute Gasteiger partial charge is 0.741 e. The van der Waals surface area contributed by atoms with Crippen LogP contribution in [0.1, 0.15) is 13.3 Å². The Kier molecular flexibility index (Phi) is 11.1. The number of rotatable bonds is 5. The van der Waals surface area contributed by atoms with Gasteiger partial charge in [0.2, 0.25) is 0 Å². The molecule has 0 bridgehead atoms. The van der Waals surface area contributed by atoms with Gasteiger partial charge in [0, 0.05) is 17.5 Å². The largest absolute Gasteiger partial charge is 1.00 e. The van der Waals surface area contributed by atoms with E-state index >= 15 is 0 Å². The molecule has 4 nitrogen and oxygen atoms in total. The molecule has 0 fully saturated rings. The zero-order chi connectivity index (χ0) is 10.6. The molecule has 0 radical (unpaired) electrons. The number of hydrogen-bond donors (Lipinski definition) is 0. The average molecular weight is 214 g/mol. The summed E-state index contributed by atoms with van der Waals surface area (Å²) in [6.45, 7) is 4.32. The molecule has 0 aromatic heterocycles. The summed E-state index contributed by atoms with van der Waals surface area (Å²) in [7, 11) is 0. The number of carbonyl (C=O) groups is 3. The first-order valence-corrected chi connectivity index (χ1v) is 3.83. The number of carboxylic acids is 1. The summed E-state index contributed by atoms with van der Waals surface area (Å²) >= 11 is 4.28. The van der Waals surface area contributed by atoms with E-state index in [1.807, 2.05) is 0 Å². The van der Waals surface area contributed by atoms with Gasteiger partial charge in [-0.3, -0.25) is 4.79 Å². The number of ketones is 1. The Balaban J connectivity index is -0.000000720. The molecule has 1 atom stereocenters. The van der Waals surface area contributed by atoms with E-state index in [2.05, 4.69) is 19.2 Å². The third-order valence-corrected chi connectivity index (χ3v) is 2.13. The number of carboxylic acid groups (broad SMARTS) is 1. The fourth-order valence-electron chi connectivity index (χ4n) is 0.774.